The van der Waals surface area contributed by atoms with Gasteiger partial charge in [0.25, 0.3) is 0 Å². The summed E-state index contributed by atoms with van der Waals surface area (Å²) in [5, 5.41) is 4.32. The quantitative estimate of drug-likeness (QED) is 0.475. The molecule has 0 amide bonds. The first-order valence-corrected chi connectivity index (χ1v) is 9.59. The first-order chi connectivity index (χ1) is 13.1. The second kappa shape index (κ2) is 7.62. The Morgan fingerprint density at radius 3 is 2.56 bits per heavy atom. The molecule has 0 aliphatic rings. The van der Waals surface area contributed by atoms with Gasteiger partial charge in [0.1, 0.15) is 4.60 Å². The van der Waals surface area contributed by atoms with Crippen molar-refractivity contribution >= 4 is 21.6 Å². The Hall–Kier alpha value is -2.51. The zero-order valence-electron chi connectivity index (χ0n) is 15.4. The van der Waals surface area contributed by atoms with Crippen LogP contribution in [0, 0.1) is 0 Å². The molecule has 6 nitrogen and oxygen atoms in total. The summed E-state index contributed by atoms with van der Waals surface area (Å²) >= 11 is 3.50. The number of imidazole rings is 1. The number of nitrogens with zero attached hydrogens (tertiary/aromatic N) is 6. The number of fused-ring (bicyclic) bond motifs is 1. The Kier molecular flexibility index (Phi) is 5.05. The Bertz CT molecular complexity index is 1050. The van der Waals surface area contributed by atoms with Crippen LogP contribution in [0.15, 0.2) is 59.7 Å². The van der Waals surface area contributed by atoms with Crippen molar-refractivity contribution in [3.8, 4) is 0 Å². The van der Waals surface area contributed by atoms with Gasteiger partial charge in [0.15, 0.2) is 5.65 Å². The van der Waals surface area contributed by atoms with E-state index in [0.717, 1.165) is 46.7 Å². The van der Waals surface area contributed by atoms with Gasteiger partial charge in [-0.3, -0.25) is 14.6 Å². The van der Waals surface area contributed by atoms with Crippen molar-refractivity contribution in [2.45, 2.75) is 19.5 Å². The van der Waals surface area contributed by atoms with Crippen LogP contribution in [0.3, 0.4) is 0 Å². The van der Waals surface area contributed by atoms with E-state index < -0.39 is 0 Å². The third-order valence-corrected chi connectivity index (χ3v) is 5.06. The molecular formula is C20H21BrN6. The monoisotopic (exact) mass is 424 g/mol. The molecule has 0 unspecified atom stereocenters. The maximum absolute atomic E-state index is 4.68. The molecule has 7 heteroatoms. The van der Waals surface area contributed by atoms with E-state index >= 15 is 0 Å². The summed E-state index contributed by atoms with van der Waals surface area (Å²) < 4.78 is 4.72. The van der Waals surface area contributed by atoms with E-state index in [1.807, 2.05) is 25.5 Å². The molecule has 0 N–H and O–H groups in total. The van der Waals surface area contributed by atoms with Gasteiger partial charge in [-0.25, -0.2) is 4.98 Å². The molecule has 0 aliphatic heterocycles. The lowest BCUT2D eigenvalue weighted by molar-refractivity contribution is 0.314. The SMILES string of the molecule is CN(Cc1ccccc1)Cc1cn2cc(Cc3cn(C)nc3Br)nc2cn1. The fraction of sp³-hybridized carbons (Fsp3) is 0.250. The van der Waals surface area contributed by atoms with Crippen LogP contribution in [0.1, 0.15) is 22.5 Å². The fourth-order valence-electron chi connectivity index (χ4n) is 3.21. The molecule has 4 aromatic rings. The number of aryl methyl sites for hydroxylation is 1. The fourth-order valence-corrected chi connectivity index (χ4v) is 3.71. The molecule has 0 spiro atoms. The normalized spacial score (nSPS) is 11.6. The molecule has 0 bridgehead atoms. The number of hydrogen-bond acceptors (Lipinski definition) is 4. The number of aromatic nitrogens is 5. The standard InChI is InChI=1S/C20H21BrN6/c1-25(10-15-6-4-3-5-7-15)12-18-14-27-13-17(23-19(27)9-22-18)8-16-11-26(2)24-20(16)21/h3-7,9,11,13-14H,8,10,12H2,1-2H3. The Labute approximate surface area is 166 Å². The van der Waals surface area contributed by atoms with E-state index in [0.29, 0.717) is 0 Å². The van der Waals surface area contributed by atoms with E-state index in [1.54, 1.807) is 4.68 Å². The van der Waals surface area contributed by atoms with Crippen LogP contribution in [-0.2, 0) is 26.6 Å². The number of halogens is 1. The largest absolute Gasteiger partial charge is 0.304 e. The van der Waals surface area contributed by atoms with Gasteiger partial charge in [0.05, 0.1) is 17.6 Å². The summed E-state index contributed by atoms with van der Waals surface area (Å²) in [6.07, 6.45) is 8.71. The van der Waals surface area contributed by atoms with Gasteiger partial charge in [-0.2, -0.15) is 5.10 Å². The number of hydrogen-bond donors (Lipinski definition) is 0. The highest BCUT2D eigenvalue weighted by atomic mass is 79.9. The van der Waals surface area contributed by atoms with Crippen molar-refractivity contribution in [2.75, 3.05) is 7.05 Å². The average Bonchev–Trinajstić information content (AvgIpc) is 3.17. The topological polar surface area (TPSA) is 51.2 Å². The molecule has 0 radical (unpaired) electrons. The molecule has 0 fully saturated rings. The zero-order valence-corrected chi connectivity index (χ0v) is 17.0. The molecule has 3 aromatic heterocycles. The summed E-state index contributed by atoms with van der Waals surface area (Å²) in [5.74, 6) is 0. The third-order valence-electron chi connectivity index (χ3n) is 4.40. The minimum atomic E-state index is 0.735. The van der Waals surface area contributed by atoms with E-state index in [2.05, 4.69) is 84.0 Å². The van der Waals surface area contributed by atoms with Gasteiger partial charge in [-0.1, -0.05) is 30.3 Å². The molecule has 27 heavy (non-hydrogen) atoms. The number of benzene rings is 1. The Morgan fingerprint density at radius 1 is 1.04 bits per heavy atom. The van der Waals surface area contributed by atoms with Crippen molar-refractivity contribution in [1.29, 1.82) is 0 Å². The maximum atomic E-state index is 4.68. The lowest BCUT2D eigenvalue weighted by atomic mass is 10.2. The smallest absolute Gasteiger partial charge is 0.155 e. The average molecular weight is 425 g/mol. The highest BCUT2D eigenvalue weighted by Crippen LogP contribution is 2.18. The molecule has 3 heterocycles. The molecule has 0 aliphatic carbocycles. The van der Waals surface area contributed by atoms with Crippen LogP contribution < -0.4 is 0 Å². The highest BCUT2D eigenvalue weighted by Gasteiger charge is 2.10. The molecule has 1 aromatic carbocycles. The summed E-state index contributed by atoms with van der Waals surface area (Å²) in [6, 6.07) is 10.5. The van der Waals surface area contributed by atoms with Crippen molar-refractivity contribution in [3.05, 3.63) is 82.2 Å². The molecular weight excluding hydrogens is 404 g/mol. The van der Waals surface area contributed by atoms with E-state index in [-0.39, 0.29) is 0 Å². The van der Waals surface area contributed by atoms with Crippen molar-refractivity contribution < 1.29 is 0 Å². The summed E-state index contributed by atoms with van der Waals surface area (Å²) in [6.45, 7) is 1.68. The second-order valence-corrected chi connectivity index (χ2v) is 7.58. The van der Waals surface area contributed by atoms with Gasteiger partial charge in [-0.15, -0.1) is 0 Å². The first-order valence-electron chi connectivity index (χ1n) is 8.80. The van der Waals surface area contributed by atoms with Crippen molar-refractivity contribution in [3.63, 3.8) is 0 Å². The predicted octanol–water partition coefficient (Wildman–Crippen LogP) is 3.45. The molecule has 0 saturated carbocycles. The van der Waals surface area contributed by atoms with Gasteiger partial charge in [0, 0.05) is 50.7 Å². The first kappa shape index (κ1) is 17.9. The van der Waals surface area contributed by atoms with Crippen LogP contribution in [-0.4, -0.2) is 36.1 Å². The molecule has 0 saturated heterocycles. The second-order valence-electron chi connectivity index (χ2n) is 6.83. The summed E-state index contributed by atoms with van der Waals surface area (Å²) in [7, 11) is 4.03. The number of rotatable bonds is 6. The van der Waals surface area contributed by atoms with Crippen LogP contribution >= 0.6 is 15.9 Å². The van der Waals surface area contributed by atoms with Gasteiger partial charge in [-0.05, 0) is 28.5 Å². The van der Waals surface area contributed by atoms with Gasteiger partial charge < -0.3 is 4.40 Å². The van der Waals surface area contributed by atoms with Gasteiger partial charge in [0.2, 0.25) is 0 Å². The third kappa shape index (κ3) is 4.26. The molecule has 138 valence electrons. The lowest BCUT2D eigenvalue weighted by Gasteiger charge is -2.16. The summed E-state index contributed by atoms with van der Waals surface area (Å²) in [4.78, 5) is 11.5. The molecule has 0 atom stereocenters. The van der Waals surface area contributed by atoms with Crippen LogP contribution in [0.2, 0.25) is 0 Å². The minimum Gasteiger partial charge on any atom is -0.304 e. The maximum Gasteiger partial charge on any atom is 0.155 e. The zero-order chi connectivity index (χ0) is 18.8. The van der Waals surface area contributed by atoms with E-state index in [1.165, 1.54) is 5.56 Å². The van der Waals surface area contributed by atoms with E-state index in [4.69, 9.17) is 0 Å². The summed E-state index contributed by atoms with van der Waals surface area (Å²) in [5.41, 5.74) is 5.30. The highest BCUT2D eigenvalue weighted by molar-refractivity contribution is 9.10. The van der Waals surface area contributed by atoms with E-state index in [9.17, 15) is 0 Å². The Morgan fingerprint density at radius 2 is 1.81 bits per heavy atom. The molecule has 4 rings (SSSR count). The predicted molar refractivity (Wildman–Crippen MR) is 108 cm³/mol. The van der Waals surface area contributed by atoms with Gasteiger partial charge >= 0.3 is 0 Å². The Balaban J connectivity index is 1.48. The van der Waals surface area contributed by atoms with Crippen molar-refractivity contribution in [1.82, 2.24) is 29.0 Å². The van der Waals surface area contributed by atoms with Crippen LogP contribution in [0.4, 0.5) is 0 Å². The lowest BCUT2D eigenvalue weighted by Crippen LogP contribution is -2.18. The van der Waals surface area contributed by atoms with Crippen LogP contribution in [0.5, 0.6) is 0 Å². The minimum absolute atomic E-state index is 0.735. The van der Waals surface area contributed by atoms with Crippen molar-refractivity contribution in [2.24, 2.45) is 7.05 Å². The van der Waals surface area contributed by atoms with Crippen LogP contribution in [0.25, 0.3) is 5.65 Å².